The van der Waals surface area contributed by atoms with Gasteiger partial charge in [0.2, 0.25) is 5.91 Å². The summed E-state index contributed by atoms with van der Waals surface area (Å²) < 4.78 is 4.54. The number of anilines is 1. The van der Waals surface area contributed by atoms with Crippen LogP contribution in [0.15, 0.2) is 18.2 Å². The Morgan fingerprint density at radius 1 is 1.13 bits per heavy atom. The lowest BCUT2D eigenvalue weighted by molar-refractivity contribution is -0.118. The molecule has 1 atom stereocenters. The predicted molar refractivity (Wildman–Crippen MR) is 85.7 cm³/mol. The summed E-state index contributed by atoms with van der Waals surface area (Å²) in [4.78, 5) is 23.8. The van der Waals surface area contributed by atoms with Gasteiger partial charge in [0.25, 0.3) is 0 Å². The quantitative estimate of drug-likeness (QED) is 0.606. The van der Waals surface area contributed by atoms with E-state index in [4.69, 9.17) is 0 Å². The molecule has 1 aromatic carbocycles. The largest absolute Gasteiger partial charge is 0.453 e. The highest BCUT2D eigenvalue weighted by Gasteiger charge is 2.22. The fourth-order valence-electron chi connectivity index (χ4n) is 2.15. The zero-order chi connectivity index (χ0) is 17.4. The van der Waals surface area contributed by atoms with E-state index in [0.29, 0.717) is 23.2 Å². The van der Waals surface area contributed by atoms with Crippen molar-refractivity contribution < 1.29 is 24.5 Å². The molecule has 2 amide bonds. The Labute approximate surface area is 135 Å². The molecule has 0 bridgehead atoms. The SMILES string of the molecule is COC(=O)NC(CC(C)C)C(=O)Nc1cc(CO)cc(CO)c1. The van der Waals surface area contributed by atoms with Crippen molar-refractivity contribution in [3.05, 3.63) is 29.3 Å². The minimum atomic E-state index is -0.738. The average Bonchev–Trinajstić information content (AvgIpc) is 2.52. The standard InChI is InChI=1S/C16H24N2O5/c1-10(2)4-14(18-16(22)23-3)15(21)17-13-6-11(8-19)5-12(7-13)9-20/h5-7,10,14,19-20H,4,8-9H2,1-3H3,(H,17,21)(H,18,22). The zero-order valence-electron chi connectivity index (χ0n) is 13.6. The summed E-state index contributed by atoms with van der Waals surface area (Å²) in [5.41, 5.74) is 1.60. The number of methoxy groups -OCH3 is 1. The van der Waals surface area contributed by atoms with E-state index < -0.39 is 12.1 Å². The van der Waals surface area contributed by atoms with Crippen LogP contribution in [0.1, 0.15) is 31.4 Å². The number of ether oxygens (including phenoxy) is 1. The second kappa shape index (κ2) is 9.12. The number of hydrogen-bond donors (Lipinski definition) is 4. The van der Waals surface area contributed by atoms with Crippen LogP contribution >= 0.6 is 0 Å². The van der Waals surface area contributed by atoms with E-state index in [1.807, 2.05) is 13.8 Å². The monoisotopic (exact) mass is 324 g/mol. The maximum Gasteiger partial charge on any atom is 0.407 e. The molecule has 0 spiro atoms. The lowest BCUT2D eigenvalue weighted by Gasteiger charge is -2.20. The average molecular weight is 324 g/mol. The Hall–Kier alpha value is -2.12. The van der Waals surface area contributed by atoms with E-state index in [9.17, 15) is 19.8 Å². The van der Waals surface area contributed by atoms with Gasteiger partial charge in [-0.2, -0.15) is 0 Å². The second-order valence-electron chi connectivity index (χ2n) is 5.66. The molecule has 0 fully saturated rings. The van der Waals surface area contributed by atoms with Crippen molar-refractivity contribution in [1.29, 1.82) is 0 Å². The second-order valence-corrected chi connectivity index (χ2v) is 5.66. The molecule has 0 saturated heterocycles. The molecule has 0 radical (unpaired) electrons. The maximum absolute atomic E-state index is 12.4. The minimum absolute atomic E-state index is 0.194. The molecule has 1 rings (SSSR count). The van der Waals surface area contributed by atoms with Crippen molar-refractivity contribution in [3.8, 4) is 0 Å². The number of carbonyl (C=O) groups is 2. The molecule has 7 nitrogen and oxygen atoms in total. The lowest BCUT2D eigenvalue weighted by atomic mass is 10.0. The molecule has 0 aliphatic carbocycles. The molecular weight excluding hydrogens is 300 g/mol. The predicted octanol–water partition coefficient (Wildman–Crippen LogP) is 1.38. The summed E-state index contributed by atoms with van der Waals surface area (Å²) in [7, 11) is 1.23. The van der Waals surface area contributed by atoms with Crippen LogP contribution in [0.5, 0.6) is 0 Å². The number of rotatable bonds is 7. The molecule has 0 heterocycles. The van der Waals surface area contributed by atoms with Gasteiger partial charge in [-0.1, -0.05) is 19.9 Å². The first-order chi connectivity index (χ1) is 10.9. The van der Waals surface area contributed by atoms with Crippen LogP contribution in [0.2, 0.25) is 0 Å². The third kappa shape index (κ3) is 6.25. The number of aliphatic hydroxyl groups is 2. The van der Waals surface area contributed by atoms with E-state index in [2.05, 4.69) is 15.4 Å². The highest BCUT2D eigenvalue weighted by molar-refractivity contribution is 5.96. The Balaban J connectivity index is 2.90. The van der Waals surface area contributed by atoms with E-state index >= 15 is 0 Å². The number of carbonyl (C=O) groups excluding carboxylic acids is 2. The molecule has 1 unspecified atom stereocenters. The van der Waals surface area contributed by atoms with Gasteiger partial charge < -0.3 is 25.6 Å². The number of benzene rings is 1. The van der Waals surface area contributed by atoms with E-state index in [1.165, 1.54) is 7.11 Å². The first-order valence-electron chi connectivity index (χ1n) is 7.39. The minimum Gasteiger partial charge on any atom is -0.453 e. The van der Waals surface area contributed by atoms with E-state index in [-0.39, 0.29) is 25.0 Å². The number of amides is 2. The van der Waals surface area contributed by atoms with Gasteiger partial charge in [0, 0.05) is 5.69 Å². The van der Waals surface area contributed by atoms with Crippen LogP contribution < -0.4 is 10.6 Å². The normalized spacial score (nSPS) is 11.9. The van der Waals surface area contributed by atoms with Crippen molar-refractivity contribution in [2.75, 3.05) is 12.4 Å². The van der Waals surface area contributed by atoms with Crippen LogP contribution in [0, 0.1) is 5.92 Å². The summed E-state index contributed by atoms with van der Waals surface area (Å²) >= 11 is 0. The van der Waals surface area contributed by atoms with Crippen molar-refractivity contribution in [2.45, 2.75) is 39.5 Å². The van der Waals surface area contributed by atoms with Crippen LogP contribution in [-0.2, 0) is 22.7 Å². The fraction of sp³-hybridized carbons (Fsp3) is 0.500. The van der Waals surface area contributed by atoms with Crippen molar-refractivity contribution in [2.24, 2.45) is 5.92 Å². The maximum atomic E-state index is 12.4. The number of aliphatic hydroxyl groups excluding tert-OH is 2. The number of alkyl carbamates (subject to hydrolysis) is 1. The first-order valence-corrected chi connectivity index (χ1v) is 7.39. The third-order valence-corrected chi connectivity index (χ3v) is 3.19. The molecule has 0 aliphatic heterocycles. The van der Waals surface area contributed by atoms with Crippen molar-refractivity contribution in [3.63, 3.8) is 0 Å². The van der Waals surface area contributed by atoms with Crippen molar-refractivity contribution >= 4 is 17.7 Å². The van der Waals surface area contributed by atoms with Gasteiger partial charge in [-0.15, -0.1) is 0 Å². The Kier molecular flexibility index (Phi) is 7.50. The highest BCUT2D eigenvalue weighted by atomic mass is 16.5. The van der Waals surface area contributed by atoms with Gasteiger partial charge in [-0.25, -0.2) is 4.79 Å². The molecular formula is C16H24N2O5. The number of hydrogen-bond acceptors (Lipinski definition) is 5. The van der Waals surface area contributed by atoms with Crippen LogP contribution in [0.25, 0.3) is 0 Å². The fourth-order valence-corrected chi connectivity index (χ4v) is 2.15. The van der Waals surface area contributed by atoms with E-state index in [1.54, 1.807) is 18.2 Å². The summed E-state index contributed by atoms with van der Waals surface area (Å²) in [5.74, 6) is -0.192. The van der Waals surface area contributed by atoms with Crippen LogP contribution in [-0.4, -0.2) is 35.4 Å². The highest BCUT2D eigenvalue weighted by Crippen LogP contribution is 2.17. The Morgan fingerprint density at radius 3 is 2.13 bits per heavy atom. The number of nitrogens with one attached hydrogen (secondary N) is 2. The van der Waals surface area contributed by atoms with Gasteiger partial charge in [0.15, 0.2) is 0 Å². The molecule has 128 valence electrons. The molecule has 7 heteroatoms. The topological polar surface area (TPSA) is 108 Å². The molecule has 0 aromatic heterocycles. The van der Waals surface area contributed by atoms with Gasteiger partial charge >= 0.3 is 6.09 Å². The molecule has 0 aliphatic rings. The van der Waals surface area contributed by atoms with Gasteiger partial charge in [0.1, 0.15) is 6.04 Å². The van der Waals surface area contributed by atoms with Crippen molar-refractivity contribution in [1.82, 2.24) is 5.32 Å². The lowest BCUT2D eigenvalue weighted by Crippen LogP contribution is -2.44. The molecule has 4 N–H and O–H groups in total. The third-order valence-electron chi connectivity index (χ3n) is 3.19. The van der Waals surface area contributed by atoms with Gasteiger partial charge in [0.05, 0.1) is 20.3 Å². The van der Waals surface area contributed by atoms with Gasteiger partial charge in [-0.3, -0.25) is 4.79 Å². The summed E-state index contributed by atoms with van der Waals surface area (Å²) in [5, 5.41) is 23.7. The van der Waals surface area contributed by atoms with E-state index in [0.717, 1.165) is 0 Å². The molecule has 0 saturated carbocycles. The van der Waals surface area contributed by atoms with Crippen LogP contribution in [0.4, 0.5) is 10.5 Å². The Bertz CT molecular complexity index is 523. The van der Waals surface area contributed by atoms with Gasteiger partial charge in [-0.05, 0) is 35.6 Å². The molecule has 1 aromatic rings. The van der Waals surface area contributed by atoms with Crippen LogP contribution in [0.3, 0.4) is 0 Å². The summed E-state index contributed by atoms with van der Waals surface area (Å²) in [6, 6.07) is 4.13. The summed E-state index contributed by atoms with van der Waals surface area (Å²) in [6.45, 7) is 3.48. The molecule has 23 heavy (non-hydrogen) atoms. The smallest absolute Gasteiger partial charge is 0.407 e. The zero-order valence-corrected chi connectivity index (χ0v) is 13.6. The first kappa shape index (κ1) is 18.9. The summed E-state index contributed by atoms with van der Waals surface area (Å²) in [6.07, 6.45) is -0.223. The Morgan fingerprint density at radius 2 is 1.70 bits per heavy atom.